The van der Waals surface area contributed by atoms with Crippen molar-refractivity contribution in [1.82, 2.24) is 15.3 Å². The molecule has 4 N–H and O–H groups in total. The molecule has 0 bridgehead atoms. The summed E-state index contributed by atoms with van der Waals surface area (Å²) in [6, 6.07) is 29.4. The van der Waals surface area contributed by atoms with Crippen LogP contribution >= 0.6 is 23.2 Å². The van der Waals surface area contributed by atoms with Gasteiger partial charge in [0.1, 0.15) is 5.75 Å². The molecule has 406 valence electrons. The Balaban J connectivity index is 0.000000224. The molecule has 6 aromatic rings. The van der Waals surface area contributed by atoms with Crippen LogP contribution in [0.3, 0.4) is 0 Å². The van der Waals surface area contributed by atoms with Gasteiger partial charge >= 0.3 is 0 Å². The standard InChI is InChI=1S/C28H31ClN4O5S.C28H31ClN4O4S/c1-38-23-8-6-20(7-9-23)17-30-26(34)14-19-10-12-33(13-11-19)27-25(16-24(18-31-27)39(2,36)37)32-28(35)21-4-3-5-22(29)15-21;1-18-6-4-7-19(2)26(18)32-25(34)14-20-10-12-33(13-11-20)27-24(16-23(17-30-27)38(3,36)37)31-28(35)21-8-5-9-22(29)15-21/h3-9,15-16,18-19H,10-14,17H2,1-2H3,(H,30,34)(H,32,35);4-9,15-17,20H,10-14H2,1-3H3,(H,31,35)(H,32,34). The minimum absolute atomic E-state index is 0.00521. The monoisotopic (exact) mass is 1120 g/mol. The topological polar surface area (TPSA) is 226 Å². The summed E-state index contributed by atoms with van der Waals surface area (Å²) in [4.78, 5) is 64.0. The molecule has 4 heterocycles. The minimum atomic E-state index is -3.54. The van der Waals surface area contributed by atoms with Crippen LogP contribution in [-0.4, -0.2) is 96.2 Å². The van der Waals surface area contributed by atoms with Crippen LogP contribution in [0.5, 0.6) is 5.75 Å². The third-order valence-electron chi connectivity index (χ3n) is 13.4. The van der Waals surface area contributed by atoms with Crippen LogP contribution in [0, 0.1) is 25.7 Å². The number of amides is 4. The number of ether oxygens (including phenoxy) is 1. The van der Waals surface area contributed by atoms with Gasteiger partial charge in [0, 0.05) is 97.3 Å². The van der Waals surface area contributed by atoms with E-state index in [1.54, 1.807) is 49.6 Å². The van der Waals surface area contributed by atoms with E-state index in [0.29, 0.717) is 89.7 Å². The molecule has 2 aromatic heterocycles. The quantitative estimate of drug-likeness (QED) is 0.0709. The van der Waals surface area contributed by atoms with E-state index in [0.717, 1.165) is 66.3 Å². The molecule has 8 rings (SSSR count). The van der Waals surface area contributed by atoms with Crippen molar-refractivity contribution in [3.8, 4) is 5.75 Å². The number of sulfone groups is 2. The van der Waals surface area contributed by atoms with E-state index in [9.17, 15) is 36.0 Å². The number of anilines is 5. The lowest BCUT2D eigenvalue weighted by Crippen LogP contribution is -2.37. The minimum Gasteiger partial charge on any atom is -0.497 e. The second-order valence-electron chi connectivity index (χ2n) is 19.3. The molecular formula is C56H62Cl2N8O9S2. The van der Waals surface area contributed by atoms with Gasteiger partial charge in [-0.15, -0.1) is 0 Å². The molecule has 2 aliphatic heterocycles. The summed E-state index contributed by atoms with van der Waals surface area (Å²) in [5.41, 5.74) is 5.23. The van der Waals surface area contributed by atoms with E-state index in [2.05, 4.69) is 31.2 Å². The normalized spacial score (nSPS) is 14.2. The highest BCUT2D eigenvalue weighted by Crippen LogP contribution is 2.34. The maximum absolute atomic E-state index is 12.9. The lowest BCUT2D eigenvalue weighted by atomic mass is 9.93. The fourth-order valence-electron chi connectivity index (χ4n) is 9.06. The smallest absolute Gasteiger partial charge is 0.255 e. The number of hydrogen-bond donors (Lipinski definition) is 4. The van der Waals surface area contributed by atoms with Gasteiger partial charge in [-0.25, -0.2) is 26.8 Å². The lowest BCUT2D eigenvalue weighted by Gasteiger charge is -2.33. The summed E-state index contributed by atoms with van der Waals surface area (Å²) in [5.74, 6) is 1.30. The summed E-state index contributed by atoms with van der Waals surface area (Å²) >= 11 is 12.1. The number of para-hydroxylation sites is 1. The largest absolute Gasteiger partial charge is 0.497 e. The van der Waals surface area contributed by atoms with Crippen molar-refractivity contribution >= 4 is 95.2 Å². The Hall–Kier alpha value is -7.06. The highest BCUT2D eigenvalue weighted by atomic mass is 35.5. The van der Waals surface area contributed by atoms with E-state index in [1.807, 2.05) is 66.1 Å². The number of pyridine rings is 2. The molecule has 2 aliphatic rings. The molecule has 17 nitrogen and oxygen atoms in total. The molecule has 4 amide bonds. The SMILES string of the molecule is COc1ccc(CNC(=O)CC2CCN(c3ncc(S(C)(=O)=O)cc3NC(=O)c3cccc(Cl)c3)CC2)cc1.Cc1cccc(C)c1NC(=O)CC1CCN(c2ncc(S(C)(=O)=O)cc2NC(=O)c2cccc(Cl)c2)CC1. The molecule has 0 atom stereocenters. The molecule has 2 saturated heterocycles. The Labute approximate surface area is 460 Å². The fourth-order valence-corrected chi connectivity index (χ4v) is 10.6. The van der Waals surface area contributed by atoms with Gasteiger partial charge in [-0.2, -0.15) is 0 Å². The number of rotatable bonds is 16. The summed E-state index contributed by atoms with van der Waals surface area (Å²) in [7, 11) is -5.46. The zero-order chi connectivity index (χ0) is 55.4. The second-order valence-corrected chi connectivity index (χ2v) is 24.2. The second kappa shape index (κ2) is 25.9. The van der Waals surface area contributed by atoms with Gasteiger partial charge in [0.15, 0.2) is 31.3 Å². The zero-order valence-electron chi connectivity index (χ0n) is 43.4. The van der Waals surface area contributed by atoms with Crippen molar-refractivity contribution in [2.45, 2.75) is 68.7 Å². The first-order chi connectivity index (χ1) is 36.6. The van der Waals surface area contributed by atoms with Crippen molar-refractivity contribution in [2.75, 3.05) is 71.6 Å². The van der Waals surface area contributed by atoms with E-state index in [-0.39, 0.29) is 33.4 Å². The summed E-state index contributed by atoms with van der Waals surface area (Å²) < 4.78 is 53.8. The first-order valence-corrected chi connectivity index (χ1v) is 29.5. The molecule has 0 radical (unpaired) electrons. The van der Waals surface area contributed by atoms with Crippen LogP contribution < -0.4 is 35.8 Å². The van der Waals surface area contributed by atoms with Crippen LogP contribution in [0.1, 0.15) is 75.9 Å². The van der Waals surface area contributed by atoms with Crippen molar-refractivity contribution in [1.29, 1.82) is 0 Å². The molecular weight excluding hydrogens is 1060 g/mol. The van der Waals surface area contributed by atoms with Crippen LogP contribution in [0.2, 0.25) is 10.0 Å². The molecule has 2 fully saturated rings. The Morgan fingerprint density at radius 3 is 1.44 bits per heavy atom. The highest BCUT2D eigenvalue weighted by Gasteiger charge is 2.28. The number of halogens is 2. The predicted octanol–water partition coefficient (Wildman–Crippen LogP) is 9.58. The number of hydrogen-bond acceptors (Lipinski definition) is 13. The number of aryl methyl sites for hydroxylation is 2. The Morgan fingerprint density at radius 1 is 0.597 bits per heavy atom. The Morgan fingerprint density at radius 2 is 1.03 bits per heavy atom. The summed E-state index contributed by atoms with van der Waals surface area (Å²) in [6.07, 6.45) is 8.68. The van der Waals surface area contributed by atoms with Gasteiger partial charge in [-0.3, -0.25) is 19.2 Å². The van der Waals surface area contributed by atoms with Gasteiger partial charge in [0.05, 0.1) is 28.3 Å². The van der Waals surface area contributed by atoms with Crippen LogP contribution in [0.4, 0.5) is 28.7 Å². The van der Waals surface area contributed by atoms with E-state index in [4.69, 9.17) is 27.9 Å². The average molecular weight is 1130 g/mol. The molecule has 0 unspecified atom stereocenters. The number of methoxy groups -OCH3 is 1. The first-order valence-electron chi connectivity index (χ1n) is 24.9. The number of carbonyl (C=O) groups is 4. The number of carbonyl (C=O) groups excluding carboxylic acids is 4. The number of aromatic nitrogens is 2. The molecule has 0 aliphatic carbocycles. The van der Waals surface area contributed by atoms with Crippen LogP contribution in [-0.2, 0) is 35.8 Å². The van der Waals surface area contributed by atoms with Gasteiger partial charge in [0.25, 0.3) is 11.8 Å². The van der Waals surface area contributed by atoms with Crippen molar-refractivity contribution in [3.05, 3.63) is 153 Å². The molecule has 21 heteroatoms. The van der Waals surface area contributed by atoms with E-state index < -0.39 is 31.5 Å². The number of nitrogens with zero attached hydrogens (tertiary/aromatic N) is 4. The lowest BCUT2D eigenvalue weighted by molar-refractivity contribution is -0.122. The molecule has 0 saturated carbocycles. The molecule has 0 spiro atoms. The maximum Gasteiger partial charge on any atom is 0.255 e. The number of nitrogens with one attached hydrogen (secondary N) is 4. The fraction of sp³-hybridized carbons (Fsp3) is 0.321. The third-order valence-corrected chi connectivity index (χ3v) is 16.0. The molecule has 77 heavy (non-hydrogen) atoms. The van der Waals surface area contributed by atoms with E-state index >= 15 is 0 Å². The van der Waals surface area contributed by atoms with Gasteiger partial charge < -0.3 is 35.8 Å². The van der Waals surface area contributed by atoms with Gasteiger partial charge in [0.2, 0.25) is 11.8 Å². The summed E-state index contributed by atoms with van der Waals surface area (Å²) in [6.45, 7) is 6.87. The van der Waals surface area contributed by atoms with Crippen molar-refractivity contribution in [3.63, 3.8) is 0 Å². The number of benzene rings is 4. The van der Waals surface area contributed by atoms with Crippen molar-refractivity contribution in [2.24, 2.45) is 11.8 Å². The maximum atomic E-state index is 12.9. The third kappa shape index (κ3) is 16.2. The van der Waals surface area contributed by atoms with Gasteiger partial charge in [-0.1, -0.05) is 65.7 Å². The Kier molecular flexibility index (Phi) is 19.4. The zero-order valence-corrected chi connectivity index (χ0v) is 46.6. The van der Waals surface area contributed by atoms with Crippen LogP contribution in [0.25, 0.3) is 0 Å². The average Bonchev–Trinajstić information content (AvgIpc) is 3.41. The Bertz CT molecular complexity index is 3330. The van der Waals surface area contributed by atoms with Gasteiger partial charge in [-0.05, 0) is 129 Å². The highest BCUT2D eigenvalue weighted by molar-refractivity contribution is 7.91. The molecule has 4 aromatic carbocycles. The van der Waals surface area contributed by atoms with E-state index in [1.165, 1.54) is 30.6 Å². The summed E-state index contributed by atoms with van der Waals surface area (Å²) in [5, 5.41) is 12.5. The number of piperidine rings is 2. The van der Waals surface area contributed by atoms with Crippen LogP contribution in [0.15, 0.2) is 125 Å². The first kappa shape index (κ1) is 57.6. The predicted molar refractivity (Wildman–Crippen MR) is 302 cm³/mol. The van der Waals surface area contributed by atoms with Crippen molar-refractivity contribution < 1.29 is 40.8 Å².